The van der Waals surface area contributed by atoms with Crippen molar-refractivity contribution in [3.63, 3.8) is 0 Å². The molecule has 0 amide bonds. The predicted octanol–water partition coefficient (Wildman–Crippen LogP) is 2.76. The Labute approximate surface area is 92.6 Å². The minimum absolute atomic E-state index is 0.149. The van der Waals surface area contributed by atoms with Crippen molar-refractivity contribution >= 4 is 22.7 Å². The second-order valence-electron chi connectivity index (χ2n) is 3.30. The average Bonchev–Trinajstić information content (AvgIpc) is 2.26. The highest BCUT2D eigenvalue weighted by atomic mass is 32.2. The molecule has 0 saturated carbocycles. The maximum Gasteiger partial charge on any atom is 0.314 e. The minimum Gasteiger partial charge on any atom is -0.479 e. The van der Waals surface area contributed by atoms with Crippen LogP contribution in [0.5, 0.6) is 6.01 Å². The maximum atomic E-state index is 9.42. The number of nitrogens with zero attached hydrogens (tertiary/aromatic N) is 2. The molecule has 1 aromatic heterocycles. The fourth-order valence-electron chi connectivity index (χ4n) is 1.51. The molecule has 0 spiro atoms. The highest BCUT2D eigenvalue weighted by molar-refractivity contribution is 7.98. The van der Waals surface area contributed by atoms with E-state index in [1.807, 2.05) is 30.5 Å². The standard InChI is InChI=1S/C11H12N2OS/c1-7(15-2)10-8-5-3-4-6-9(8)12-11(14)13-10/h3-7H,1-2H3,(H,12,13,14). The van der Waals surface area contributed by atoms with Crippen LogP contribution < -0.4 is 0 Å². The van der Waals surface area contributed by atoms with Crippen LogP contribution in [0.25, 0.3) is 10.9 Å². The first-order valence-electron chi connectivity index (χ1n) is 4.71. The molecule has 0 aliphatic carbocycles. The van der Waals surface area contributed by atoms with Crippen LogP contribution in [-0.2, 0) is 0 Å². The number of aromatic hydroxyl groups is 1. The third kappa shape index (κ3) is 1.90. The van der Waals surface area contributed by atoms with E-state index in [9.17, 15) is 5.11 Å². The van der Waals surface area contributed by atoms with Crippen molar-refractivity contribution in [3.05, 3.63) is 30.0 Å². The number of para-hydroxylation sites is 1. The van der Waals surface area contributed by atoms with Gasteiger partial charge in [0, 0.05) is 10.6 Å². The number of hydrogen-bond acceptors (Lipinski definition) is 4. The van der Waals surface area contributed by atoms with Crippen molar-refractivity contribution in [3.8, 4) is 6.01 Å². The van der Waals surface area contributed by atoms with Gasteiger partial charge in [-0.25, -0.2) is 0 Å². The lowest BCUT2D eigenvalue weighted by atomic mass is 10.1. The van der Waals surface area contributed by atoms with Crippen LogP contribution in [0.15, 0.2) is 24.3 Å². The molecule has 0 aliphatic heterocycles. The summed E-state index contributed by atoms with van der Waals surface area (Å²) in [7, 11) is 0. The summed E-state index contributed by atoms with van der Waals surface area (Å²) >= 11 is 1.70. The third-order valence-corrected chi connectivity index (χ3v) is 3.29. The Hall–Kier alpha value is -1.29. The maximum absolute atomic E-state index is 9.42. The molecule has 0 aliphatic rings. The van der Waals surface area contributed by atoms with Crippen molar-refractivity contribution in [1.82, 2.24) is 9.97 Å². The number of fused-ring (bicyclic) bond motifs is 1. The molecule has 0 radical (unpaired) electrons. The Bertz CT molecular complexity index is 487. The van der Waals surface area contributed by atoms with Gasteiger partial charge in [-0.3, -0.25) is 0 Å². The van der Waals surface area contributed by atoms with Crippen molar-refractivity contribution < 1.29 is 5.11 Å². The molecule has 0 fully saturated rings. The Morgan fingerprint density at radius 3 is 2.73 bits per heavy atom. The van der Waals surface area contributed by atoms with Crippen molar-refractivity contribution in [2.45, 2.75) is 12.2 Å². The van der Waals surface area contributed by atoms with E-state index in [1.54, 1.807) is 11.8 Å². The van der Waals surface area contributed by atoms with Gasteiger partial charge in [-0.1, -0.05) is 18.2 Å². The van der Waals surface area contributed by atoms with Crippen LogP contribution in [-0.4, -0.2) is 21.3 Å². The van der Waals surface area contributed by atoms with E-state index in [-0.39, 0.29) is 11.3 Å². The number of aromatic nitrogens is 2. The predicted molar refractivity (Wildman–Crippen MR) is 63.1 cm³/mol. The summed E-state index contributed by atoms with van der Waals surface area (Å²) in [6, 6.07) is 7.58. The van der Waals surface area contributed by atoms with Gasteiger partial charge in [-0.15, -0.1) is 0 Å². The molecular formula is C11H12N2OS. The molecule has 2 rings (SSSR count). The van der Waals surface area contributed by atoms with Gasteiger partial charge in [0.15, 0.2) is 0 Å². The molecule has 1 heterocycles. The SMILES string of the molecule is CSC(C)c1nc(O)nc2ccccc12. The molecule has 0 saturated heterocycles. The van der Waals surface area contributed by atoms with E-state index in [2.05, 4.69) is 16.9 Å². The van der Waals surface area contributed by atoms with E-state index in [0.717, 1.165) is 16.6 Å². The lowest BCUT2D eigenvalue weighted by molar-refractivity contribution is 0.431. The van der Waals surface area contributed by atoms with Crippen LogP contribution in [0.1, 0.15) is 17.9 Å². The van der Waals surface area contributed by atoms with E-state index < -0.39 is 0 Å². The molecule has 15 heavy (non-hydrogen) atoms. The Morgan fingerprint density at radius 1 is 1.27 bits per heavy atom. The lowest BCUT2D eigenvalue weighted by Gasteiger charge is -2.10. The average molecular weight is 220 g/mol. The molecule has 78 valence electrons. The minimum atomic E-state index is -0.149. The highest BCUT2D eigenvalue weighted by Crippen LogP contribution is 2.30. The van der Waals surface area contributed by atoms with Gasteiger partial charge in [0.25, 0.3) is 0 Å². The summed E-state index contributed by atoms with van der Waals surface area (Å²) in [6.07, 6.45) is 2.03. The second kappa shape index (κ2) is 4.06. The van der Waals surface area contributed by atoms with Crippen LogP contribution in [0.3, 0.4) is 0 Å². The van der Waals surface area contributed by atoms with Gasteiger partial charge in [-0.05, 0) is 19.2 Å². The van der Waals surface area contributed by atoms with Gasteiger partial charge >= 0.3 is 6.01 Å². The van der Waals surface area contributed by atoms with E-state index in [1.165, 1.54) is 0 Å². The monoisotopic (exact) mass is 220 g/mol. The van der Waals surface area contributed by atoms with Crippen LogP contribution in [0.4, 0.5) is 0 Å². The fourth-order valence-corrected chi connectivity index (χ4v) is 1.91. The Balaban J connectivity index is 2.71. The Morgan fingerprint density at radius 2 is 2.00 bits per heavy atom. The van der Waals surface area contributed by atoms with Gasteiger partial charge in [0.1, 0.15) is 0 Å². The summed E-state index contributed by atoms with van der Waals surface area (Å²) in [5, 5.41) is 10.7. The van der Waals surface area contributed by atoms with E-state index >= 15 is 0 Å². The first-order chi connectivity index (χ1) is 7.22. The molecule has 4 heteroatoms. The zero-order valence-corrected chi connectivity index (χ0v) is 9.45. The summed E-state index contributed by atoms with van der Waals surface area (Å²) in [5.74, 6) is 0. The highest BCUT2D eigenvalue weighted by Gasteiger charge is 2.12. The molecular weight excluding hydrogens is 208 g/mol. The van der Waals surface area contributed by atoms with Gasteiger partial charge in [-0.2, -0.15) is 21.7 Å². The quantitative estimate of drug-likeness (QED) is 0.845. The Kier molecular flexibility index (Phi) is 2.77. The van der Waals surface area contributed by atoms with E-state index in [0.29, 0.717) is 0 Å². The number of rotatable bonds is 2. The number of thioether (sulfide) groups is 1. The van der Waals surface area contributed by atoms with Crippen LogP contribution in [0.2, 0.25) is 0 Å². The fraction of sp³-hybridized carbons (Fsp3) is 0.273. The largest absolute Gasteiger partial charge is 0.479 e. The van der Waals surface area contributed by atoms with Crippen LogP contribution in [0, 0.1) is 0 Å². The van der Waals surface area contributed by atoms with Crippen molar-refractivity contribution in [2.24, 2.45) is 0 Å². The molecule has 1 N–H and O–H groups in total. The van der Waals surface area contributed by atoms with E-state index in [4.69, 9.17) is 0 Å². The van der Waals surface area contributed by atoms with Crippen molar-refractivity contribution in [1.29, 1.82) is 0 Å². The number of benzene rings is 1. The number of hydrogen-bond donors (Lipinski definition) is 1. The summed E-state index contributed by atoms with van der Waals surface area (Å²) < 4.78 is 0. The van der Waals surface area contributed by atoms with Gasteiger partial charge < -0.3 is 5.11 Å². The first kappa shape index (κ1) is 10.2. The summed E-state index contributed by atoms with van der Waals surface area (Å²) in [4.78, 5) is 8.08. The molecule has 0 bridgehead atoms. The normalized spacial score (nSPS) is 12.9. The molecule has 3 nitrogen and oxygen atoms in total. The van der Waals surface area contributed by atoms with Crippen molar-refractivity contribution in [2.75, 3.05) is 6.26 Å². The smallest absolute Gasteiger partial charge is 0.314 e. The zero-order chi connectivity index (χ0) is 10.8. The summed E-state index contributed by atoms with van der Waals surface area (Å²) in [6.45, 7) is 2.07. The zero-order valence-electron chi connectivity index (χ0n) is 8.64. The first-order valence-corrected chi connectivity index (χ1v) is 5.99. The molecule has 1 aromatic carbocycles. The molecule has 2 aromatic rings. The summed E-state index contributed by atoms with van der Waals surface area (Å²) in [5.41, 5.74) is 1.69. The lowest BCUT2D eigenvalue weighted by Crippen LogP contribution is -1.96. The van der Waals surface area contributed by atoms with Crippen LogP contribution >= 0.6 is 11.8 Å². The second-order valence-corrected chi connectivity index (χ2v) is 4.48. The molecule has 1 atom stereocenters. The van der Waals surface area contributed by atoms with Gasteiger partial charge in [0.2, 0.25) is 0 Å². The third-order valence-electron chi connectivity index (χ3n) is 2.36. The van der Waals surface area contributed by atoms with Gasteiger partial charge in [0.05, 0.1) is 11.2 Å². The topological polar surface area (TPSA) is 46.0 Å². The molecule has 1 unspecified atom stereocenters.